The van der Waals surface area contributed by atoms with Crippen LogP contribution in [0.3, 0.4) is 0 Å². The first-order valence-electron chi connectivity index (χ1n) is 7.32. The molecule has 1 aliphatic carbocycles. The summed E-state index contributed by atoms with van der Waals surface area (Å²) in [4.78, 5) is 25.6. The number of hydrogen-bond acceptors (Lipinski definition) is 2. The normalized spacial score (nSPS) is 16.4. The van der Waals surface area contributed by atoms with Crippen molar-refractivity contribution in [1.29, 1.82) is 0 Å². The van der Waals surface area contributed by atoms with Gasteiger partial charge in [-0.25, -0.2) is 9.59 Å². The summed E-state index contributed by atoms with van der Waals surface area (Å²) in [6, 6.07) is 0.0331. The lowest BCUT2D eigenvalue weighted by Crippen LogP contribution is -2.58. The van der Waals surface area contributed by atoms with Crippen LogP contribution < -0.4 is 5.32 Å². The molecule has 2 N–H and O–H groups in total. The molecule has 1 fully saturated rings. The highest BCUT2D eigenvalue weighted by atomic mass is 16.4. The number of nitrogens with zero attached hydrogens (tertiary/aromatic N) is 1. The molecule has 0 saturated heterocycles. The van der Waals surface area contributed by atoms with Gasteiger partial charge in [0.2, 0.25) is 0 Å². The number of rotatable bonds is 6. The van der Waals surface area contributed by atoms with Crippen LogP contribution in [0.4, 0.5) is 4.79 Å². The van der Waals surface area contributed by atoms with Gasteiger partial charge in [0.15, 0.2) is 0 Å². The zero-order chi connectivity index (χ0) is 14.5. The molecule has 0 aliphatic heterocycles. The highest BCUT2D eigenvalue weighted by Gasteiger charge is 2.38. The Hall–Kier alpha value is -1.26. The topological polar surface area (TPSA) is 69.6 Å². The van der Waals surface area contributed by atoms with Gasteiger partial charge < -0.3 is 15.3 Å². The molecule has 0 aromatic heterocycles. The molecule has 0 radical (unpaired) electrons. The van der Waals surface area contributed by atoms with Crippen LogP contribution >= 0.6 is 0 Å². The minimum atomic E-state index is -1.14. The maximum atomic E-state index is 12.4. The summed E-state index contributed by atoms with van der Waals surface area (Å²) in [5, 5.41) is 12.1. The molecule has 0 spiro atoms. The Labute approximate surface area is 115 Å². The van der Waals surface area contributed by atoms with E-state index < -0.39 is 11.5 Å². The van der Waals surface area contributed by atoms with Gasteiger partial charge >= 0.3 is 12.0 Å². The van der Waals surface area contributed by atoms with Crippen LogP contribution in [0.2, 0.25) is 0 Å². The Morgan fingerprint density at radius 3 is 2.11 bits per heavy atom. The van der Waals surface area contributed by atoms with Crippen LogP contribution in [0.15, 0.2) is 0 Å². The number of carboxylic acid groups (broad SMARTS) is 1. The van der Waals surface area contributed by atoms with Crippen LogP contribution in [-0.2, 0) is 4.79 Å². The minimum Gasteiger partial charge on any atom is -0.480 e. The third-order valence-electron chi connectivity index (χ3n) is 4.33. The molecule has 5 heteroatoms. The monoisotopic (exact) mass is 270 g/mol. The predicted octanol–water partition coefficient (Wildman–Crippen LogP) is 2.60. The quantitative estimate of drug-likeness (QED) is 0.779. The summed E-state index contributed by atoms with van der Waals surface area (Å²) in [7, 11) is 0. The molecule has 0 atom stereocenters. The molecule has 0 aromatic rings. The largest absolute Gasteiger partial charge is 0.480 e. The van der Waals surface area contributed by atoms with Gasteiger partial charge in [-0.3, -0.25) is 0 Å². The molecule has 0 bridgehead atoms. The summed E-state index contributed by atoms with van der Waals surface area (Å²) in [6.45, 7) is 6.16. The fourth-order valence-corrected chi connectivity index (χ4v) is 2.84. The lowest BCUT2D eigenvalue weighted by Gasteiger charge is -2.34. The second-order valence-electron chi connectivity index (χ2n) is 5.25. The highest BCUT2D eigenvalue weighted by Crippen LogP contribution is 2.24. The van der Waals surface area contributed by atoms with E-state index in [1.807, 2.05) is 6.92 Å². The van der Waals surface area contributed by atoms with Crippen molar-refractivity contribution in [3.8, 4) is 0 Å². The molecular formula is C14H26N2O3. The van der Waals surface area contributed by atoms with Crippen molar-refractivity contribution < 1.29 is 14.7 Å². The third kappa shape index (κ3) is 3.39. The van der Waals surface area contributed by atoms with Gasteiger partial charge in [-0.15, -0.1) is 0 Å². The van der Waals surface area contributed by atoms with Crippen molar-refractivity contribution in [2.45, 2.75) is 70.9 Å². The van der Waals surface area contributed by atoms with Crippen molar-refractivity contribution in [2.24, 2.45) is 0 Å². The first kappa shape index (κ1) is 15.8. The lowest BCUT2D eigenvalue weighted by molar-refractivity contribution is -0.144. The van der Waals surface area contributed by atoms with Crippen LogP contribution in [0, 0.1) is 0 Å². The molecular weight excluding hydrogens is 244 g/mol. The Morgan fingerprint density at radius 1 is 1.21 bits per heavy atom. The maximum absolute atomic E-state index is 12.4. The number of urea groups is 1. The van der Waals surface area contributed by atoms with E-state index in [4.69, 9.17) is 0 Å². The van der Waals surface area contributed by atoms with Crippen molar-refractivity contribution in [3.63, 3.8) is 0 Å². The molecule has 0 aromatic carbocycles. The first-order valence-corrected chi connectivity index (χ1v) is 7.32. The van der Waals surface area contributed by atoms with E-state index in [1.54, 1.807) is 18.7 Å². The predicted molar refractivity (Wildman–Crippen MR) is 74.1 cm³/mol. The van der Waals surface area contributed by atoms with Crippen LogP contribution in [0.25, 0.3) is 0 Å². The Kier molecular flexibility index (Phi) is 5.63. The second-order valence-corrected chi connectivity index (χ2v) is 5.25. The molecule has 19 heavy (non-hydrogen) atoms. The van der Waals surface area contributed by atoms with Crippen LogP contribution in [0.5, 0.6) is 0 Å². The molecule has 5 nitrogen and oxygen atoms in total. The number of hydrogen-bond donors (Lipinski definition) is 2. The van der Waals surface area contributed by atoms with E-state index in [0.29, 0.717) is 19.4 Å². The Morgan fingerprint density at radius 2 is 1.74 bits per heavy atom. The summed E-state index contributed by atoms with van der Waals surface area (Å²) >= 11 is 0. The average molecular weight is 270 g/mol. The molecule has 1 rings (SSSR count). The van der Waals surface area contributed by atoms with Gasteiger partial charge in [-0.05, 0) is 32.6 Å². The minimum absolute atomic E-state index is 0.236. The summed E-state index contributed by atoms with van der Waals surface area (Å²) in [5.41, 5.74) is -1.14. The van der Waals surface area contributed by atoms with Gasteiger partial charge in [0.25, 0.3) is 0 Å². The fraction of sp³-hybridized carbons (Fsp3) is 0.857. The van der Waals surface area contributed by atoms with Gasteiger partial charge in [0.05, 0.1) is 0 Å². The summed E-state index contributed by atoms with van der Waals surface area (Å²) in [5.74, 6) is -0.951. The van der Waals surface area contributed by atoms with E-state index in [0.717, 1.165) is 25.7 Å². The maximum Gasteiger partial charge on any atom is 0.329 e. The molecule has 110 valence electrons. The lowest BCUT2D eigenvalue weighted by atomic mass is 9.93. The van der Waals surface area contributed by atoms with Crippen molar-refractivity contribution in [1.82, 2.24) is 10.2 Å². The van der Waals surface area contributed by atoms with E-state index in [1.165, 1.54) is 0 Å². The number of nitrogens with one attached hydrogen (secondary N) is 1. The second kappa shape index (κ2) is 6.78. The standard InChI is InChI=1S/C14H26N2O3/c1-4-14(5-2,12(17)18)15-13(19)16(6-3)11-9-7-8-10-11/h11H,4-10H2,1-3H3,(H,15,19)(H,17,18). The molecule has 1 saturated carbocycles. The molecule has 2 amide bonds. The SMILES string of the molecule is CCN(C(=O)NC(CC)(CC)C(=O)O)C1CCCC1. The summed E-state index contributed by atoms with van der Waals surface area (Å²) < 4.78 is 0. The van der Waals surface area contributed by atoms with Crippen LogP contribution in [-0.4, -0.2) is 40.1 Å². The van der Waals surface area contributed by atoms with Crippen molar-refractivity contribution >= 4 is 12.0 Å². The fourth-order valence-electron chi connectivity index (χ4n) is 2.84. The number of carbonyl (C=O) groups is 2. The van der Waals surface area contributed by atoms with E-state index >= 15 is 0 Å². The van der Waals surface area contributed by atoms with Gasteiger partial charge in [-0.2, -0.15) is 0 Å². The average Bonchev–Trinajstić information content (AvgIpc) is 2.90. The van der Waals surface area contributed by atoms with Gasteiger partial charge in [-0.1, -0.05) is 26.7 Å². The van der Waals surface area contributed by atoms with E-state index in [-0.39, 0.29) is 12.1 Å². The first-order chi connectivity index (χ1) is 9.00. The number of carboxylic acids is 1. The highest BCUT2D eigenvalue weighted by molar-refractivity contribution is 5.86. The number of aliphatic carboxylic acids is 1. The smallest absolute Gasteiger partial charge is 0.329 e. The van der Waals surface area contributed by atoms with Gasteiger partial charge in [0, 0.05) is 12.6 Å². The molecule has 1 aliphatic rings. The molecule has 0 unspecified atom stereocenters. The van der Waals surface area contributed by atoms with Crippen molar-refractivity contribution in [3.05, 3.63) is 0 Å². The number of amides is 2. The zero-order valence-electron chi connectivity index (χ0n) is 12.2. The van der Waals surface area contributed by atoms with Crippen molar-refractivity contribution in [2.75, 3.05) is 6.54 Å². The summed E-state index contributed by atoms with van der Waals surface area (Å²) in [6.07, 6.45) is 5.15. The Bertz CT molecular complexity index is 321. The van der Waals surface area contributed by atoms with Gasteiger partial charge in [0.1, 0.15) is 5.54 Å². The van der Waals surface area contributed by atoms with E-state index in [2.05, 4.69) is 5.32 Å². The molecule has 0 heterocycles. The zero-order valence-corrected chi connectivity index (χ0v) is 12.2. The Balaban J connectivity index is 2.77. The van der Waals surface area contributed by atoms with E-state index in [9.17, 15) is 14.7 Å². The number of carbonyl (C=O) groups excluding carboxylic acids is 1. The third-order valence-corrected chi connectivity index (χ3v) is 4.33. The van der Waals surface area contributed by atoms with Crippen LogP contribution in [0.1, 0.15) is 59.3 Å².